The topological polar surface area (TPSA) is 158 Å². The second-order valence-electron chi connectivity index (χ2n) is 6.45. The number of hydrogen-bond acceptors (Lipinski definition) is 7. The highest BCUT2D eigenvalue weighted by atomic mass is 16.6. The molecule has 0 bridgehead atoms. The number of ether oxygens (including phenoxy) is 1. The fraction of sp³-hybridized carbons (Fsp3) is 0.471. The van der Waals surface area contributed by atoms with Crippen molar-refractivity contribution in [2.24, 2.45) is 5.73 Å². The molecule has 2 aromatic rings. The number of hydrogen-bond donors (Lipinski definition) is 6. The molecule has 9 heteroatoms. The summed E-state index contributed by atoms with van der Waals surface area (Å²) in [6.45, 7) is -0.530. The van der Waals surface area contributed by atoms with Crippen molar-refractivity contribution in [2.75, 3.05) is 6.61 Å². The van der Waals surface area contributed by atoms with Gasteiger partial charge in [-0.15, -0.1) is 0 Å². The first-order chi connectivity index (χ1) is 12.3. The minimum atomic E-state index is -1.50. The van der Waals surface area contributed by atoms with E-state index in [4.69, 9.17) is 15.6 Å². The van der Waals surface area contributed by atoms with E-state index in [0.717, 1.165) is 5.39 Å². The van der Waals surface area contributed by atoms with Crippen molar-refractivity contribution in [1.82, 2.24) is 4.57 Å². The lowest BCUT2D eigenvalue weighted by molar-refractivity contribution is -0.250. The van der Waals surface area contributed by atoms with Crippen LogP contribution >= 0.6 is 0 Å². The number of para-hydroxylation sites is 1. The quantitative estimate of drug-likeness (QED) is 0.376. The predicted octanol–water partition coefficient (Wildman–Crippen LogP) is -1.43. The van der Waals surface area contributed by atoms with Gasteiger partial charge in [-0.25, -0.2) is 0 Å². The van der Waals surface area contributed by atoms with E-state index in [2.05, 4.69) is 0 Å². The molecule has 6 atom stereocenters. The molecule has 0 saturated carbocycles. The van der Waals surface area contributed by atoms with Gasteiger partial charge in [0, 0.05) is 18.0 Å². The van der Waals surface area contributed by atoms with Crippen LogP contribution in [0.4, 0.5) is 0 Å². The van der Waals surface area contributed by atoms with Gasteiger partial charge in [0.2, 0.25) is 0 Å². The van der Waals surface area contributed by atoms with E-state index in [1.807, 2.05) is 0 Å². The van der Waals surface area contributed by atoms with Gasteiger partial charge in [-0.2, -0.15) is 0 Å². The fourth-order valence-electron chi connectivity index (χ4n) is 3.29. The first kappa shape index (κ1) is 18.8. The van der Waals surface area contributed by atoms with Crippen molar-refractivity contribution in [3.05, 3.63) is 36.0 Å². The van der Waals surface area contributed by atoms with Crippen LogP contribution in [-0.2, 0) is 16.0 Å². The van der Waals surface area contributed by atoms with Gasteiger partial charge in [-0.1, -0.05) is 18.2 Å². The number of fused-ring (bicyclic) bond motifs is 1. The number of aliphatic carboxylic acids is 1. The molecule has 0 unspecified atom stereocenters. The summed E-state index contributed by atoms with van der Waals surface area (Å²) in [6.07, 6.45) is -4.82. The first-order valence-corrected chi connectivity index (χ1v) is 8.22. The third-order valence-electron chi connectivity index (χ3n) is 4.72. The van der Waals surface area contributed by atoms with Crippen LogP contribution in [0.5, 0.6) is 0 Å². The van der Waals surface area contributed by atoms with Crippen LogP contribution in [0.3, 0.4) is 0 Å². The molecule has 1 aliphatic heterocycles. The minimum Gasteiger partial charge on any atom is -0.480 e. The van der Waals surface area contributed by atoms with Gasteiger partial charge in [-0.3, -0.25) is 4.79 Å². The number of benzene rings is 1. The van der Waals surface area contributed by atoms with Gasteiger partial charge in [-0.05, 0) is 11.6 Å². The molecule has 0 amide bonds. The molecule has 0 aliphatic carbocycles. The molecular formula is C17H22N2O7. The van der Waals surface area contributed by atoms with Crippen molar-refractivity contribution in [1.29, 1.82) is 0 Å². The fourth-order valence-corrected chi connectivity index (χ4v) is 3.29. The summed E-state index contributed by atoms with van der Waals surface area (Å²) in [5.74, 6) is -1.13. The average Bonchev–Trinajstić information content (AvgIpc) is 2.98. The Bertz CT molecular complexity index is 791. The average molecular weight is 366 g/mol. The highest BCUT2D eigenvalue weighted by molar-refractivity contribution is 5.85. The number of rotatable bonds is 5. The Balaban J connectivity index is 2.03. The van der Waals surface area contributed by atoms with Crippen LogP contribution in [0.15, 0.2) is 30.5 Å². The maximum Gasteiger partial charge on any atom is 0.320 e. The van der Waals surface area contributed by atoms with Gasteiger partial charge < -0.3 is 40.6 Å². The van der Waals surface area contributed by atoms with Crippen molar-refractivity contribution in [2.45, 2.75) is 43.1 Å². The Morgan fingerprint density at radius 2 is 1.88 bits per heavy atom. The summed E-state index contributed by atoms with van der Waals surface area (Å²) >= 11 is 0. The van der Waals surface area contributed by atoms with Crippen molar-refractivity contribution in [3.63, 3.8) is 0 Å². The van der Waals surface area contributed by atoms with E-state index in [-0.39, 0.29) is 6.42 Å². The van der Waals surface area contributed by atoms with Gasteiger partial charge in [0.05, 0.1) is 12.1 Å². The molecular weight excluding hydrogens is 344 g/mol. The maximum absolute atomic E-state index is 11.1. The summed E-state index contributed by atoms with van der Waals surface area (Å²) in [6, 6.07) is 6.01. The number of aliphatic hydroxyl groups excluding tert-OH is 4. The predicted molar refractivity (Wildman–Crippen MR) is 90.3 cm³/mol. The van der Waals surface area contributed by atoms with Crippen LogP contribution in [-0.4, -0.2) is 73.1 Å². The molecule has 1 aromatic carbocycles. The van der Waals surface area contributed by atoms with E-state index in [1.165, 1.54) is 0 Å². The van der Waals surface area contributed by atoms with Crippen LogP contribution in [0.2, 0.25) is 0 Å². The van der Waals surface area contributed by atoms with E-state index in [9.17, 15) is 25.2 Å². The third-order valence-corrected chi connectivity index (χ3v) is 4.72. The van der Waals surface area contributed by atoms with Crippen LogP contribution < -0.4 is 5.73 Å². The molecule has 142 valence electrons. The van der Waals surface area contributed by atoms with Gasteiger partial charge >= 0.3 is 5.97 Å². The zero-order valence-electron chi connectivity index (χ0n) is 13.8. The molecule has 0 spiro atoms. The Kier molecular flexibility index (Phi) is 5.28. The van der Waals surface area contributed by atoms with Crippen molar-refractivity contribution >= 4 is 16.9 Å². The van der Waals surface area contributed by atoms with Crippen LogP contribution in [0, 0.1) is 0 Å². The number of carboxylic acids is 1. The largest absolute Gasteiger partial charge is 0.480 e. The molecule has 1 fully saturated rings. The molecule has 1 aliphatic rings. The smallest absolute Gasteiger partial charge is 0.320 e. The Morgan fingerprint density at radius 3 is 2.54 bits per heavy atom. The third kappa shape index (κ3) is 3.20. The van der Waals surface area contributed by atoms with E-state index in [1.54, 1.807) is 35.0 Å². The SMILES string of the molecule is N[C@H](Cc1cn([C@H]2O[C@H](CO)[C@@H](O)[C@H](O)[C@@H]2O)c2ccccc12)C(=O)O. The minimum absolute atomic E-state index is 0.0697. The van der Waals surface area contributed by atoms with Gasteiger partial charge in [0.1, 0.15) is 30.5 Å². The number of aromatic nitrogens is 1. The van der Waals surface area contributed by atoms with Crippen LogP contribution in [0.1, 0.15) is 11.8 Å². The lowest BCUT2D eigenvalue weighted by Gasteiger charge is -2.40. The monoisotopic (exact) mass is 366 g/mol. The molecule has 7 N–H and O–H groups in total. The zero-order valence-corrected chi connectivity index (χ0v) is 13.8. The van der Waals surface area contributed by atoms with Crippen molar-refractivity contribution in [3.8, 4) is 0 Å². The molecule has 0 radical (unpaired) electrons. The van der Waals surface area contributed by atoms with Crippen LogP contribution in [0.25, 0.3) is 10.9 Å². The number of nitrogens with zero attached hydrogens (tertiary/aromatic N) is 1. The summed E-state index contributed by atoms with van der Waals surface area (Å²) < 4.78 is 7.15. The number of carboxylic acid groups (broad SMARTS) is 1. The molecule has 9 nitrogen and oxygen atoms in total. The normalized spacial score (nSPS) is 30.4. The summed E-state index contributed by atoms with van der Waals surface area (Å²) in [4.78, 5) is 11.1. The molecule has 1 aromatic heterocycles. The van der Waals surface area contributed by atoms with Gasteiger partial charge in [0.15, 0.2) is 6.23 Å². The van der Waals surface area contributed by atoms with E-state index >= 15 is 0 Å². The number of carbonyl (C=O) groups is 1. The Labute approximate surface area is 148 Å². The first-order valence-electron chi connectivity index (χ1n) is 8.22. The lowest BCUT2D eigenvalue weighted by Crippen LogP contribution is -2.56. The second kappa shape index (κ2) is 7.31. The standard InChI is InChI=1S/C17H22N2O7/c18-10(17(24)25)5-8-6-19(11-4-2-1-3-9(8)11)16-15(23)14(22)13(21)12(7-20)26-16/h1-4,6,10,12-16,20-23H,5,7,18H2,(H,24,25)/t10-,12-,13-,14+,15+,16+/m1/s1. The van der Waals surface area contributed by atoms with Gasteiger partial charge in [0.25, 0.3) is 0 Å². The molecule has 2 heterocycles. The number of aliphatic hydroxyl groups is 4. The Morgan fingerprint density at radius 1 is 1.19 bits per heavy atom. The number of nitrogens with two attached hydrogens (primary N) is 1. The highest BCUT2D eigenvalue weighted by Crippen LogP contribution is 2.33. The molecule has 26 heavy (non-hydrogen) atoms. The second-order valence-corrected chi connectivity index (χ2v) is 6.45. The lowest BCUT2D eigenvalue weighted by atomic mass is 9.98. The molecule has 1 saturated heterocycles. The summed E-state index contributed by atoms with van der Waals surface area (Å²) in [5, 5.41) is 49.5. The summed E-state index contributed by atoms with van der Waals surface area (Å²) in [7, 11) is 0. The van der Waals surface area contributed by atoms with E-state index in [0.29, 0.717) is 11.1 Å². The van der Waals surface area contributed by atoms with E-state index < -0.39 is 49.3 Å². The Hall–Kier alpha value is -2.01. The highest BCUT2D eigenvalue weighted by Gasteiger charge is 2.44. The zero-order chi connectivity index (χ0) is 19.0. The molecule has 3 rings (SSSR count). The maximum atomic E-state index is 11.1. The van der Waals surface area contributed by atoms with Crippen molar-refractivity contribution < 1.29 is 35.1 Å². The summed E-state index contributed by atoms with van der Waals surface area (Å²) in [5.41, 5.74) is 6.93.